The smallest absolute Gasteiger partial charge is 0.247 e. The molecule has 174 valence electrons. The summed E-state index contributed by atoms with van der Waals surface area (Å²) >= 11 is 0. The van der Waals surface area contributed by atoms with Crippen LogP contribution in [0.1, 0.15) is 57.2 Å². The monoisotopic (exact) mass is 440 g/mol. The summed E-state index contributed by atoms with van der Waals surface area (Å²) in [7, 11) is 1.62. The largest absolute Gasteiger partial charge is 0.497 e. The molecule has 0 saturated carbocycles. The summed E-state index contributed by atoms with van der Waals surface area (Å²) in [5, 5.41) is 3.00. The van der Waals surface area contributed by atoms with Crippen molar-refractivity contribution in [2.45, 2.75) is 58.7 Å². The van der Waals surface area contributed by atoms with E-state index in [0.717, 1.165) is 16.9 Å². The van der Waals surface area contributed by atoms with Gasteiger partial charge in [-0.25, -0.2) is 0 Å². The lowest BCUT2D eigenvalue weighted by Gasteiger charge is -2.31. The fourth-order valence-electron chi connectivity index (χ4n) is 3.42. The van der Waals surface area contributed by atoms with Gasteiger partial charge in [-0.05, 0) is 49.9 Å². The third-order valence-corrected chi connectivity index (χ3v) is 5.04. The average molecular weight is 441 g/mol. The van der Waals surface area contributed by atoms with Crippen LogP contribution >= 0.6 is 0 Å². The Labute approximate surface area is 191 Å². The van der Waals surface area contributed by atoms with Gasteiger partial charge in [0.25, 0.3) is 0 Å². The molecule has 2 aromatic carbocycles. The zero-order valence-electron chi connectivity index (χ0n) is 19.7. The predicted molar refractivity (Wildman–Crippen MR) is 126 cm³/mol. The minimum atomic E-state index is -0.705. The minimum absolute atomic E-state index is 0.0459. The molecule has 0 bridgehead atoms. The van der Waals surface area contributed by atoms with Crippen LogP contribution in [0.2, 0.25) is 0 Å². The lowest BCUT2D eigenvalue weighted by molar-refractivity contribution is -0.141. The van der Waals surface area contributed by atoms with E-state index < -0.39 is 6.04 Å². The van der Waals surface area contributed by atoms with Gasteiger partial charge < -0.3 is 19.7 Å². The van der Waals surface area contributed by atoms with Gasteiger partial charge in [0.1, 0.15) is 11.8 Å². The molecule has 0 unspecified atom stereocenters. The topological polar surface area (TPSA) is 67.9 Å². The number of methoxy groups -OCH3 is 1. The van der Waals surface area contributed by atoms with Crippen LogP contribution in [0.3, 0.4) is 0 Å². The van der Waals surface area contributed by atoms with Crippen LogP contribution in [0.4, 0.5) is 0 Å². The van der Waals surface area contributed by atoms with Crippen LogP contribution < -0.4 is 10.1 Å². The van der Waals surface area contributed by atoms with E-state index in [9.17, 15) is 9.59 Å². The molecule has 0 radical (unpaired) electrons. The molecule has 32 heavy (non-hydrogen) atoms. The molecule has 1 N–H and O–H groups in total. The lowest BCUT2D eigenvalue weighted by atomic mass is 10.0. The molecule has 2 aromatic rings. The van der Waals surface area contributed by atoms with Crippen LogP contribution in [-0.2, 0) is 20.9 Å². The summed E-state index contributed by atoms with van der Waals surface area (Å²) in [6.45, 7) is 7.36. The van der Waals surface area contributed by atoms with Crippen LogP contribution in [-0.4, -0.2) is 43.1 Å². The Kier molecular flexibility index (Phi) is 10.7. The number of benzene rings is 2. The maximum atomic E-state index is 13.3. The third-order valence-electron chi connectivity index (χ3n) is 5.04. The van der Waals surface area contributed by atoms with Crippen molar-refractivity contribution >= 4 is 11.8 Å². The average Bonchev–Trinajstić information content (AvgIpc) is 2.79. The van der Waals surface area contributed by atoms with E-state index in [-0.39, 0.29) is 17.9 Å². The highest BCUT2D eigenvalue weighted by molar-refractivity contribution is 5.88. The first-order valence-corrected chi connectivity index (χ1v) is 11.3. The molecule has 6 heteroatoms. The van der Waals surface area contributed by atoms with E-state index >= 15 is 0 Å². The van der Waals surface area contributed by atoms with E-state index in [2.05, 4.69) is 5.32 Å². The van der Waals surface area contributed by atoms with Gasteiger partial charge in [-0.3, -0.25) is 9.59 Å². The number of rotatable bonds is 13. The molecular weight excluding hydrogens is 404 g/mol. The summed E-state index contributed by atoms with van der Waals surface area (Å²) in [6.07, 6.45) is 1.98. The van der Waals surface area contributed by atoms with Crippen molar-refractivity contribution in [3.63, 3.8) is 0 Å². The van der Waals surface area contributed by atoms with Crippen LogP contribution in [0, 0.1) is 0 Å². The molecule has 2 amide bonds. The van der Waals surface area contributed by atoms with E-state index in [4.69, 9.17) is 9.47 Å². The van der Waals surface area contributed by atoms with Gasteiger partial charge in [0, 0.05) is 26.1 Å². The normalized spacial score (nSPS) is 11.8. The Morgan fingerprint density at radius 3 is 2.31 bits per heavy atom. The number of carbonyl (C=O) groups excluding carboxylic acids is 2. The molecule has 0 spiro atoms. The van der Waals surface area contributed by atoms with Crippen molar-refractivity contribution in [3.05, 3.63) is 65.7 Å². The number of hydrogen-bond donors (Lipinski definition) is 1. The molecule has 1 atom stereocenters. The molecule has 0 aliphatic heterocycles. The van der Waals surface area contributed by atoms with Gasteiger partial charge in [0.05, 0.1) is 13.2 Å². The second-order valence-electron chi connectivity index (χ2n) is 8.00. The summed E-state index contributed by atoms with van der Waals surface area (Å²) in [6, 6.07) is 16.4. The fourth-order valence-corrected chi connectivity index (χ4v) is 3.42. The highest BCUT2D eigenvalue weighted by atomic mass is 16.5. The summed E-state index contributed by atoms with van der Waals surface area (Å²) in [5.41, 5.74) is 1.73. The van der Waals surface area contributed by atoms with Gasteiger partial charge in [0.2, 0.25) is 11.8 Å². The van der Waals surface area contributed by atoms with Crippen molar-refractivity contribution in [1.29, 1.82) is 0 Å². The maximum absolute atomic E-state index is 13.3. The molecule has 6 nitrogen and oxygen atoms in total. The van der Waals surface area contributed by atoms with Crippen molar-refractivity contribution in [1.82, 2.24) is 10.2 Å². The van der Waals surface area contributed by atoms with E-state index in [1.807, 2.05) is 75.4 Å². The van der Waals surface area contributed by atoms with Crippen LogP contribution in [0.5, 0.6) is 5.75 Å². The quantitative estimate of drug-likeness (QED) is 0.466. The standard InChI is InChI=1S/C26H36N2O4/c1-5-10-24(29)28(19-21-13-15-23(31-4)16-14-21)25(22-11-7-6-8-12-22)26(30)27-17-9-18-32-20(2)3/h6-8,11-16,20,25H,5,9-10,17-19H2,1-4H3,(H,27,30)/t25-/m1/s1. The van der Waals surface area contributed by atoms with Crippen molar-refractivity contribution < 1.29 is 19.1 Å². The number of hydrogen-bond acceptors (Lipinski definition) is 4. The highest BCUT2D eigenvalue weighted by Gasteiger charge is 2.30. The number of nitrogens with one attached hydrogen (secondary N) is 1. The number of carbonyl (C=O) groups is 2. The van der Waals surface area contributed by atoms with Crippen molar-refractivity contribution in [2.24, 2.45) is 0 Å². The Bertz CT molecular complexity index is 821. The fraction of sp³-hybridized carbons (Fsp3) is 0.462. The van der Waals surface area contributed by atoms with Gasteiger partial charge >= 0.3 is 0 Å². The van der Waals surface area contributed by atoms with Crippen molar-refractivity contribution in [3.8, 4) is 5.75 Å². The zero-order chi connectivity index (χ0) is 23.3. The summed E-state index contributed by atoms with van der Waals surface area (Å²) in [5.74, 6) is 0.523. The first kappa shape index (κ1) is 25.4. The first-order valence-electron chi connectivity index (χ1n) is 11.3. The van der Waals surface area contributed by atoms with E-state index in [1.54, 1.807) is 12.0 Å². The van der Waals surface area contributed by atoms with Gasteiger partial charge in [-0.1, -0.05) is 49.4 Å². The molecule has 0 saturated heterocycles. The highest BCUT2D eigenvalue weighted by Crippen LogP contribution is 2.25. The molecule has 0 fully saturated rings. The number of amides is 2. The molecular formula is C26H36N2O4. The Morgan fingerprint density at radius 1 is 1.03 bits per heavy atom. The number of ether oxygens (including phenoxy) is 2. The third kappa shape index (κ3) is 8.00. The molecule has 0 aliphatic carbocycles. The molecule has 2 rings (SSSR count). The van der Waals surface area contributed by atoms with Crippen LogP contribution in [0.15, 0.2) is 54.6 Å². The molecule has 0 heterocycles. The number of nitrogens with zero attached hydrogens (tertiary/aromatic N) is 1. The SMILES string of the molecule is CCCC(=O)N(Cc1ccc(OC)cc1)[C@@H](C(=O)NCCCOC(C)C)c1ccccc1. The zero-order valence-corrected chi connectivity index (χ0v) is 19.7. The second-order valence-corrected chi connectivity index (χ2v) is 8.00. The maximum Gasteiger partial charge on any atom is 0.247 e. The Hall–Kier alpha value is -2.86. The predicted octanol–water partition coefficient (Wildman–Crippen LogP) is 4.50. The van der Waals surface area contributed by atoms with E-state index in [1.165, 1.54) is 0 Å². The van der Waals surface area contributed by atoms with Gasteiger partial charge in [0.15, 0.2) is 0 Å². The first-order chi connectivity index (χ1) is 15.5. The van der Waals surface area contributed by atoms with E-state index in [0.29, 0.717) is 39.0 Å². The van der Waals surface area contributed by atoms with Crippen molar-refractivity contribution in [2.75, 3.05) is 20.3 Å². The lowest BCUT2D eigenvalue weighted by Crippen LogP contribution is -2.43. The summed E-state index contributed by atoms with van der Waals surface area (Å²) < 4.78 is 10.8. The Morgan fingerprint density at radius 2 is 1.72 bits per heavy atom. The van der Waals surface area contributed by atoms with Gasteiger partial charge in [-0.15, -0.1) is 0 Å². The Balaban J connectivity index is 2.25. The summed E-state index contributed by atoms with van der Waals surface area (Å²) in [4.78, 5) is 28.1. The minimum Gasteiger partial charge on any atom is -0.497 e. The van der Waals surface area contributed by atoms with Gasteiger partial charge in [-0.2, -0.15) is 0 Å². The van der Waals surface area contributed by atoms with Crippen LogP contribution in [0.25, 0.3) is 0 Å². The molecule has 0 aromatic heterocycles. The second kappa shape index (κ2) is 13.5. The molecule has 0 aliphatic rings.